The first-order valence-electron chi connectivity index (χ1n) is 1.70. The van der Waals surface area contributed by atoms with Crippen LogP contribution in [0.1, 0.15) is 13.8 Å². The fraction of sp³-hybridized carbons (Fsp3) is 0.500. The van der Waals surface area contributed by atoms with E-state index in [9.17, 15) is 0 Å². The van der Waals surface area contributed by atoms with Crippen molar-refractivity contribution in [3.8, 4) is 0 Å². The third-order valence-electron chi connectivity index (χ3n) is 0. The topological polar surface area (TPSA) is 34.1 Å². The van der Waals surface area contributed by atoms with Gasteiger partial charge in [0.1, 0.15) is 0 Å². The Balaban J connectivity index is -0.0000000360. The predicted molar refractivity (Wildman–Crippen MR) is 23.4 cm³/mol. The molecule has 0 N–H and O–H groups in total. The Morgan fingerprint density at radius 3 is 1.00 bits per heavy atom. The summed E-state index contributed by atoms with van der Waals surface area (Å²) in [5.74, 6) is 0. The van der Waals surface area contributed by atoms with Gasteiger partial charge in [-0.15, -0.1) is 0 Å². The van der Waals surface area contributed by atoms with Crippen molar-refractivity contribution in [2.45, 2.75) is 13.8 Å². The van der Waals surface area contributed by atoms with E-state index in [0.29, 0.717) is 0 Å². The van der Waals surface area contributed by atoms with E-state index in [1.807, 2.05) is 0 Å². The first kappa shape index (κ1) is 15.7. The summed E-state index contributed by atoms with van der Waals surface area (Å²) in [6, 6.07) is 0. The molecule has 0 atom stereocenters. The fourth-order valence-electron chi connectivity index (χ4n) is 0. The van der Waals surface area contributed by atoms with Crippen molar-refractivity contribution in [1.82, 2.24) is 0 Å². The molecule has 0 bridgehead atoms. The molecule has 7 heavy (non-hydrogen) atoms. The van der Waals surface area contributed by atoms with Crippen molar-refractivity contribution < 1.29 is 24.2 Å². The van der Waals surface area contributed by atoms with Gasteiger partial charge in [-0.25, -0.2) is 0 Å². The summed E-state index contributed by atoms with van der Waals surface area (Å²) >= 11 is -1.79. The van der Waals surface area contributed by atoms with Crippen molar-refractivity contribution in [3.63, 3.8) is 0 Å². The molecule has 0 heterocycles. The summed E-state index contributed by atoms with van der Waals surface area (Å²) in [4.78, 5) is 0. The molecule has 0 aromatic rings. The molecular formula is C4H10O2Ru-2. The second-order valence-electron chi connectivity index (χ2n) is 0.0589. The number of hydrogen-bond donors (Lipinski definition) is 0. The van der Waals surface area contributed by atoms with E-state index in [1.165, 1.54) is 0 Å². The number of rotatable bonds is 0. The van der Waals surface area contributed by atoms with Crippen molar-refractivity contribution >= 4 is 0 Å². The SMILES string of the molecule is [CH2-]C.[CH2-]C.[O]=[Ru]=[O]. The van der Waals surface area contributed by atoms with Gasteiger partial charge in [0, 0.05) is 0 Å². The van der Waals surface area contributed by atoms with Crippen molar-refractivity contribution in [1.29, 1.82) is 0 Å². The van der Waals surface area contributed by atoms with Gasteiger partial charge in [0.2, 0.25) is 0 Å². The quantitative estimate of drug-likeness (QED) is 0.429. The van der Waals surface area contributed by atoms with Crippen LogP contribution in [0, 0.1) is 13.8 Å². The van der Waals surface area contributed by atoms with Crippen molar-refractivity contribution in [2.24, 2.45) is 0 Å². The third kappa shape index (κ3) is 2220. The van der Waals surface area contributed by atoms with Crippen LogP contribution < -0.4 is 0 Å². The van der Waals surface area contributed by atoms with Gasteiger partial charge in [-0.2, -0.15) is 13.8 Å². The summed E-state index contributed by atoms with van der Waals surface area (Å²) in [7, 11) is 0. The zero-order valence-electron chi connectivity index (χ0n) is 4.58. The Hall–Kier alpha value is 0.223. The van der Waals surface area contributed by atoms with Crippen molar-refractivity contribution in [3.05, 3.63) is 13.8 Å². The van der Waals surface area contributed by atoms with E-state index < -0.39 is 17.0 Å². The monoisotopic (exact) mass is 192 g/mol. The van der Waals surface area contributed by atoms with Crippen LogP contribution in [-0.2, 0) is 24.2 Å². The predicted octanol–water partition coefficient (Wildman–Crippen LogP) is 1.44. The molecule has 2 nitrogen and oxygen atoms in total. The molecule has 0 radical (unpaired) electrons. The Labute approximate surface area is 52.4 Å². The second kappa shape index (κ2) is 113. The molecule has 0 aliphatic carbocycles. The molecular weight excluding hydrogens is 181 g/mol. The molecule has 0 amide bonds. The van der Waals surface area contributed by atoms with Gasteiger partial charge < -0.3 is 13.8 Å². The standard InChI is InChI=1S/2C2H5.2O.Ru/c2*1-2;;;/h2*1H2,2H3;;;/q2*-1;;;. The summed E-state index contributed by atoms with van der Waals surface area (Å²) in [6.45, 7) is 10.0. The maximum absolute atomic E-state index is 8.46. The maximum atomic E-state index is 8.46. The first-order valence-corrected chi connectivity index (χ1v) is 3.12. The van der Waals surface area contributed by atoms with Crippen LogP contribution in [0.5, 0.6) is 0 Å². The Morgan fingerprint density at radius 2 is 1.00 bits per heavy atom. The van der Waals surface area contributed by atoms with Gasteiger partial charge in [0.25, 0.3) is 0 Å². The molecule has 0 aromatic heterocycles. The van der Waals surface area contributed by atoms with E-state index in [0.717, 1.165) is 0 Å². The molecule has 0 rings (SSSR count). The summed E-state index contributed by atoms with van der Waals surface area (Å²) in [5, 5.41) is 0. The normalized spacial score (nSPS) is 4.00. The summed E-state index contributed by atoms with van der Waals surface area (Å²) < 4.78 is 16.9. The third-order valence-corrected chi connectivity index (χ3v) is 0. The fourth-order valence-corrected chi connectivity index (χ4v) is 0. The van der Waals surface area contributed by atoms with Crippen molar-refractivity contribution in [2.75, 3.05) is 0 Å². The van der Waals surface area contributed by atoms with Gasteiger partial charge in [0.05, 0.1) is 0 Å². The summed E-state index contributed by atoms with van der Waals surface area (Å²) in [6.07, 6.45) is 0. The molecule has 0 unspecified atom stereocenters. The Kier molecular flexibility index (Phi) is 254. The Bertz CT molecular complexity index is 30.7. The van der Waals surface area contributed by atoms with Crippen LogP contribution in [0.15, 0.2) is 0 Å². The number of hydrogen-bond acceptors (Lipinski definition) is 2. The van der Waals surface area contributed by atoms with E-state index in [2.05, 4.69) is 13.8 Å². The van der Waals surface area contributed by atoms with E-state index in [-0.39, 0.29) is 0 Å². The summed E-state index contributed by atoms with van der Waals surface area (Å²) in [5.41, 5.74) is 0. The van der Waals surface area contributed by atoms with E-state index >= 15 is 0 Å². The molecule has 0 saturated heterocycles. The zero-order chi connectivity index (χ0) is 6.71. The van der Waals surface area contributed by atoms with Crippen LogP contribution in [0.2, 0.25) is 0 Å². The molecule has 0 spiro atoms. The van der Waals surface area contributed by atoms with Gasteiger partial charge in [0.15, 0.2) is 0 Å². The van der Waals surface area contributed by atoms with Crippen LogP contribution in [0.3, 0.4) is 0 Å². The van der Waals surface area contributed by atoms with Gasteiger partial charge in [-0.05, 0) is 0 Å². The molecule has 0 aliphatic rings. The molecule has 0 aromatic carbocycles. The van der Waals surface area contributed by atoms with Gasteiger partial charge >= 0.3 is 24.2 Å². The Morgan fingerprint density at radius 1 is 1.00 bits per heavy atom. The van der Waals surface area contributed by atoms with E-state index in [4.69, 9.17) is 7.15 Å². The van der Waals surface area contributed by atoms with Crippen LogP contribution in [0.25, 0.3) is 0 Å². The molecule has 3 heteroatoms. The average molecular weight is 191 g/mol. The minimum atomic E-state index is -1.79. The van der Waals surface area contributed by atoms with Gasteiger partial charge in [-0.3, -0.25) is 0 Å². The van der Waals surface area contributed by atoms with Crippen LogP contribution in [0.4, 0.5) is 0 Å². The van der Waals surface area contributed by atoms with Crippen LogP contribution in [-0.4, -0.2) is 0 Å². The molecule has 48 valence electrons. The van der Waals surface area contributed by atoms with E-state index in [1.54, 1.807) is 13.8 Å². The van der Waals surface area contributed by atoms with Crippen LogP contribution >= 0.6 is 0 Å². The average Bonchev–Trinajstić information content (AvgIpc) is 1.78. The first-order chi connectivity index (χ1) is 3.41. The second-order valence-corrected chi connectivity index (χ2v) is 0.349. The molecule has 0 saturated carbocycles. The zero-order valence-corrected chi connectivity index (χ0v) is 6.32. The van der Waals surface area contributed by atoms with Gasteiger partial charge in [-0.1, -0.05) is 0 Å². The molecule has 0 aliphatic heterocycles. The molecule has 0 fully saturated rings. The minimum absolute atomic E-state index is 1.75.